The van der Waals surface area contributed by atoms with Gasteiger partial charge in [-0.25, -0.2) is 0 Å². The third-order valence-electron chi connectivity index (χ3n) is 3.12. The molecule has 1 atom stereocenters. The Labute approximate surface area is 109 Å². The molecule has 0 spiro atoms. The Kier molecular flexibility index (Phi) is 4.56. The van der Waals surface area contributed by atoms with Gasteiger partial charge < -0.3 is 11.1 Å². The Balaban J connectivity index is 2.54. The largest absolute Gasteiger partial charge is 0.419 e. The molecule has 1 amide bonds. The molecule has 0 fully saturated rings. The number of aryl methyl sites for hydroxylation is 1. The summed E-state index contributed by atoms with van der Waals surface area (Å²) in [7, 11) is 1.61. The number of alkyl halides is 3. The van der Waals surface area contributed by atoms with Gasteiger partial charge in [-0.2, -0.15) is 18.3 Å². The maximum Gasteiger partial charge on any atom is 0.419 e. The molecule has 0 saturated carbocycles. The molecular weight excluding hydrogens is 261 g/mol. The number of rotatable bonds is 6. The smallest absolute Gasteiger partial charge is 0.368 e. The van der Waals surface area contributed by atoms with Gasteiger partial charge in [0, 0.05) is 12.7 Å². The standard InChI is InChI=1S/C11H17F3N4O/c1-10(16-2,9(15)19)4-3-5-18-7-8(6-17-18)11(12,13)14/h6-7,16H,3-5H2,1-2H3,(H2,15,19). The maximum atomic E-state index is 12.3. The Morgan fingerprint density at radius 1 is 1.53 bits per heavy atom. The van der Waals surface area contributed by atoms with Crippen molar-refractivity contribution in [3.05, 3.63) is 18.0 Å². The van der Waals surface area contributed by atoms with Crippen LogP contribution in [0, 0.1) is 0 Å². The fraction of sp³-hybridized carbons (Fsp3) is 0.636. The number of halogens is 3. The van der Waals surface area contributed by atoms with Crippen LogP contribution in [0.2, 0.25) is 0 Å². The number of aromatic nitrogens is 2. The van der Waals surface area contributed by atoms with Gasteiger partial charge in [-0.3, -0.25) is 9.48 Å². The molecule has 108 valence electrons. The number of carbonyl (C=O) groups is 1. The quantitative estimate of drug-likeness (QED) is 0.819. The minimum Gasteiger partial charge on any atom is -0.368 e. The van der Waals surface area contributed by atoms with Crippen molar-refractivity contribution in [1.82, 2.24) is 15.1 Å². The van der Waals surface area contributed by atoms with E-state index in [1.165, 1.54) is 4.68 Å². The van der Waals surface area contributed by atoms with Crippen molar-refractivity contribution in [2.24, 2.45) is 5.73 Å². The molecule has 1 unspecified atom stereocenters. The minimum absolute atomic E-state index is 0.292. The fourth-order valence-electron chi connectivity index (χ4n) is 1.60. The molecule has 0 aliphatic rings. The molecule has 1 aromatic rings. The van der Waals surface area contributed by atoms with Gasteiger partial charge in [0.1, 0.15) is 0 Å². The van der Waals surface area contributed by atoms with Crippen molar-refractivity contribution in [1.29, 1.82) is 0 Å². The molecule has 1 rings (SSSR count). The van der Waals surface area contributed by atoms with E-state index in [-0.39, 0.29) is 0 Å². The lowest BCUT2D eigenvalue weighted by Gasteiger charge is -2.25. The monoisotopic (exact) mass is 278 g/mol. The number of likely N-dealkylation sites (N-methyl/N-ethyl adjacent to an activating group) is 1. The Bertz CT molecular complexity index is 443. The van der Waals surface area contributed by atoms with Crippen LogP contribution < -0.4 is 11.1 Å². The number of amides is 1. The molecular formula is C11H17F3N4O. The third kappa shape index (κ3) is 3.95. The highest BCUT2D eigenvalue weighted by Gasteiger charge is 2.32. The van der Waals surface area contributed by atoms with Crippen LogP contribution in [0.4, 0.5) is 13.2 Å². The highest BCUT2D eigenvalue weighted by atomic mass is 19.4. The van der Waals surface area contributed by atoms with E-state index in [0.29, 0.717) is 19.4 Å². The zero-order valence-electron chi connectivity index (χ0n) is 10.8. The van der Waals surface area contributed by atoms with Crippen LogP contribution in [-0.2, 0) is 17.5 Å². The highest BCUT2D eigenvalue weighted by molar-refractivity contribution is 5.84. The molecule has 5 nitrogen and oxygen atoms in total. The van der Waals surface area contributed by atoms with Crippen molar-refractivity contribution in [2.45, 2.75) is 38.0 Å². The number of hydrogen-bond acceptors (Lipinski definition) is 3. The van der Waals surface area contributed by atoms with E-state index in [1.54, 1.807) is 14.0 Å². The van der Waals surface area contributed by atoms with E-state index in [1.807, 2.05) is 0 Å². The molecule has 8 heteroatoms. The van der Waals surface area contributed by atoms with Crippen molar-refractivity contribution in [2.75, 3.05) is 7.05 Å². The SMILES string of the molecule is CNC(C)(CCCn1cc(C(F)(F)F)cn1)C(N)=O. The summed E-state index contributed by atoms with van der Waals surface area (Å²) in [6.45, 7) is 1.94. The van der Waals surface area contributed by atoms with Crippen LogP contribution in [-0.4, -0.2) is 28.3 Å². The van der Waals surface area contributed by atoms with Crippen LogP contribution in [0.1, 0.15) is 25.3 Å². The second-order valence-corrected chi connectivity index (χ2v) is 4.54. The van der Waals surface area contributed by atoms with Gasteiger partial charge in [0.25, 0.3) is 0 Å². The Hall–Kier alpha value is -1.57. The Morgan fingerprint density at radius 3 is 2.58 bits per heavy atom. The molecule has 1 aromatic heterocycles. The second-order valence-electron chi connectivity index (χ2n) is 4.54. The van der Waals surface area contributed by atoms with Crippen molar-refractivity contribution >= 4 is 5.91 Å². The zero-order chi connectivity index (χ0) is 14.7. The number of carbonyl (C=O) groups excluding carboxylic acids is 1. The summed E-state index contributed by atoms with van der Waals surface area (Å²) in [6, 6.07) is 0. The summed E-state index contributed by atoms with van der Waals surface area (Å²) >= 11 is 0. The molecule has 3 N–H and O–H groups in total. The lowest BCUT2D eigenvalue weighted by molar-refractivity contribution is -0.137. The summed E-state index contributed by atoms with van der Waals surface area (Å²) in [5, 5.41) is 6.44. The van der Waals surface area contributed by atoms with E-state index < -0.39 is 23.2 Å². The number of nitrogens with one attached hydrogen (secondary N) is 1. The molecule has 0 radical (unpaired) electrons. The van der Waals surface area contributed by atoms with Crippen LogP contribution in [0.5, 0.6) is 0 Å². The average Bonchev–Trinajstić information content (AvgIpc) is 2.77. The molecule has 0 bridgehead atoms. The normalized spacial score (nSPS) is 15.2. The van der Waals surface area contributed by atoms with Gasteiger partial charge in [-0.1, -0.05) is 0 Å². The predicted octanol–water partition coefficient (Wildman–Crippen LogP) is 1.15. The van der Waals surface area contributed by atoms with Gasteiger partial charge in [0.2, 0.25) is 5.91 Å². The molecule has 0 aliphatic heterocycles. The zero-order valence-corrected chi connectivity index (χ0v) is 10.8. The minimum atomic E-state index is -4.38. The van der Waals surface area contributed by atoms with Gasteiger partial charge in [-0.15, -0.1) is 0 Å². The van der Waals surface area contributed by atoms with Crippen LogP contribution >= 0.6 is 0 Å². The lowest BCUT2D eigenvalue weighted by atomic mass is 9.95. The van der Waals surface area contributed by atoms with Crippen molar-refractivity contribution in [3.8, 4) is 0 Å². The second kappa shape index (κ2) is 5.60. The van der Waals surface area contributed by atoms with Crippen LogP contribution in [0.3, 0.4) is 0 Å². The molecule has 0 saturated heterocycles. The van der Waals surface area contributed by atoms with Crippen LogP contribution in [0.25, 0.3) is 0 Å². The van der Waals surface area contributed by atoms with E-state index in [0.717, 1.165) is 12.4 Å². The van der Waals surface area contributed by atoms with E-state index in [2.05, 4.69) is 10.4 Å². The Morgan fingerprint density at radius 2 is 2.16 bits per heavy atom. The number of nitrogens with zero attached hydrogens (tertiary/aromatic N) is 2. The summed E-state index contributed by atoms with van der Waals surface area (Å²) in [5.41, 5.74) is 3.61. The highest BCUT2D eigenvalue weighted by Crippen LogP contribution is 2.28. The first kappa shape index (κ1) is 15.5. The van der Waals surface area contributed by atoms with Gasteiger partial charge in [0.15, 0.2) is 0 Å². The average molecular weight is 278 g/mol. The first-order valence-electron chi connectivity index (χ1n) is 5.77. The number of primary amides is 1. The summed E-state index contributed by atoms with van der Waals surface area (Å²) in [4.78, 5) is 11.2. The van der Waals surface area contributed by atoms with Crippen molar-refractivity contribution < 1.29 is 18.0 Å². The van der Waals surface area contributed by atoms with Gasteiger partial charge in [-0.05, 0) is 26.8 Å². The van der Waals surface area contributed by atoms with Crippen LogP contribution in [0.15, 0.2) is 12.4 Å². The van der Waals surface area contributed by atoms with Gasteiger partial charge >= 0.3 is 6.18 Å². The molecule has 1 heterocycles. The first-order chi connectivity index (χ1) is 8.69. The molecule has 0 aliphatic carbocycles. The summed E-state index contributed by atoms with van der Waals surface area (Å²) in [6.07, 6.45) is -1.75. The van der Waals surface area contributed by atoms with E-state index >= 15 is 0 Å². The number of nitrogens with two attached hydrogens (primary N) is 1. The first-order valence-corrected chi connectivity index (χ1v) is 5.77. The summed E-state index contributed by atoms with van der Waals surface area (Å²) < 4.78 is 38.3. The fourth-order valence-corrected chi connectivity index (χ4v) is 1.60. The third-order valence-corrected chi connectivity index (χ3v) is 3.12. The van der Waals surface area contributed by atoms with E-state index in [4.69, 9.17) is 5.73 Å². The van der Waals surface area contributed by atoms with E-state index in [9.17, 15) is 18.0 Å². The number of hydrogen-bond donors (Lipinski definition) is 2. The topological polar surface area (TPSA) is 72.9 Å². The molecule has 0 aromatic carbocycles. The van der Waals surface area contributed by atoms with Gasteiger partial charge in [0.05, 0.1) is 17.3 Å². The van der Waals surface area contributed by atoms with Crippen molar-refractivity contribution in [3.63, 3.8) is 0 Å². The summed E-state index contributed by atoms with van der Waals surface area (Å²) in [5.74, 6) is -0.494. The maximum absolute atomic E-state index is 12.3. The molecule has 19 heavy (non-hydrogen) atoms. The lowest BCUT2D eigenvalue weighted by Crippen LogP contribution is -2.51. The predicted molar refractivity (Wildman–Crippen MR) is 63.1 cm³/mol.